The van der Waals surface area contributed by atoms with Gasteiger partial charge in [0, 0.05) is 30.0 Å². The predicted molar refractivity (Wildman–Crippen MR) is 50.4 cm³/mol. The number of pyridine rings is 1. The Morgan fingerprint density at radius 3 is 2.50 bits per heavy atom. The Morgan fingerprint density at radius 2 is 2.00 bits per heavy atom. The fourth-order valence-corrected chi connectivity index (χ4v) is 1.38. The van der Waals surface area contributed by atoms with Crippen LogP contribution in [-0.4, -0.2) is 18.0 Å². The molecule has 2 rings (SSSR count). The van der Waals surface area contributed by atoms with Crippen molar-refractivity contribution in [2.45, 2.75) is 19.3 Å². The van der Waals surface area contributed by atoms with Crippen molar-refractivity contribution in [3.8, 4) is 0 Å². The van der Waals surface area contributed by atoms with Crippen molar-refractivity contribution < 1.29 is 8.78 Å². The van der Waals surface area contributed by atoms with Gasteiger partial charge in [0.2, 0.25) is 6.43 Å². The van der Waals surface area contributed by atoms with Gasteiger partial charge in [-0.25, -0.2) is 8.78 Å². The highest BCUT2D eigenvalue weighted by atomic mass is 19.3. The van der Waals surface area contributed by atoms with E-state index in [9.17, 15) is 8.78 Å². The molecule has 1 fully saturated rings. The predicted octanol–water partition coefficient (Wildman–Crippen LogP) is 2.54. The molecule has 0 aromatic carbocycles. The van der Waals surface area contributed by atoms with Crippen molar-refractivity contribution in [2.24, 2.45) is 5.41 Å². The molecule has 0 atom stereocenters. The second-order valence-electron chi connectivity index (χ2n) is 3.75. The van der Waals surface area contributed by atoms with Crippen LogP contribution >= 0.6 is 0 Å². The number of hydrogen-bond acceptors (Lipinski definition) is 2. The van der Waals surface area contributed by atoms with Crippen LogP contribution in [0.15, 0.2) is 24.5 Å². The highest BCUT2D eigenvalue weighted by Crippen LogP contribution is 2.50. The molecule has 0 aliphatic heterocycles. The lowest BCUT2D eigenvalue weighted by molar-refractivity contribution is 0.0688. The molecule has 1 saturated carbocycles. The summed E-state index contributed by atoms with van der Waals surface area (Å²) in [5.41, 5.74) is 0.0930. The lowest BCUT2D eigenvalue weighted by atomic mass is 10.1. The Labute approximate surface area is 81.4 Å². The topological polar surface area (TPSA) is 24.9 Å². The van der Waals surface area contributed by atoms with Crippen LogP contribution in [0.5, 0.6) is 0 Å². The van der Waals surface area contributed by atoms with Gasteiger partial charge in [-0.15, -0.1) is 0 Å². The van der Waals surface area contributed by atoms with Crippen molar-refractivity contribution in [1.82, 2.24) is 4.98 Å². The van der Waals surface area contributed by atoms with Crippen LogP contribution in [0.3, 0.4) is 0 Å². The van der Waals surface area contributed by atoms with Gasteiger partial charge < -0.3 is 5.32 Å². The van der Waals surface area contributed by atoms with Gasteiger partial charge >= 0.3 is 0 Å². The summed E-state index contributed by atoms with van der Waals surface area (Å²) in [5.74, 6) is 0. The summed E-state index contributed by atoms with van der Waals surface area (Å²) < 4.78 is 25.1. The van der Waals surface area contributed by atoms with E-state index in [1.807, 2.05) is 0 Å². The van der Waals surface area contributed by atoms with E-state index < -0.39 is 11.8 Å². The maximum atomic E-state index is 12.5. The van der Waals surface area contributed by atoms with E-state index in [1.54, 1.807) is 24.5 Å². The van der Waals surface area contributed by atoms with Gasteiger partial charge in [0.05, 0.1) is 0 Å². The van der Waals surface area contributed by atoms with Gasteiger partial charge in [0.15, 0.2) is 0 Å². The second-order valence-corrected chi connectivity index (χ2v) is 3.75. The van der Waals surface area contributed by atoms with E-state index >= 15 is 0 Å². The fraction of sp³-hybridized carbons (Fsp3) is 0.500. The number of aromatic nitrogens is 1. The minimum Gasteiger partial charge on any atom is -0.384 e. The van der Waals surface area contributed by atoms with Crippen LogP contribution < -0.4 is 5.32 Å². The molecule has 1 aliphatic carbocycles. The maximum Gasteiger partial charge on any atom is 0.245 e. The van der Waals surface area contributed by atoms with Crippen LogP contribution in [0.4, 0.5) is 14.5 Å². The number of nitrogens with zero attached hydrogens (tertiary/aromatic N) is 1. The van der Waals surface area contributed by atoms with E-state index in [0.29, 0.717) is 19.4 Å². The van der Waals surface area contributed by atoms with Crippen LogP contribution in [0.2, 0.25) is 0 Å². The minimum atomic E-state index is -2.21. The number of halogens is 2. The first kappa shape index (κ1) is 9.37. The molecule has 1 aromatic heterocycles. The Hall–Kier alpha value is -1.19. The van der Waals surface area contributed by atoms with Crippen LogP contribution in [-0.2, 0) is 0 Å². The van der Waals surface area contributed by atoms with Gasteiger partial charge in [0.1, 0.15) is 0 Å². The average Bonchev–Trinajstić information content (AvgIpc) is 2.97. The molecule has 0 spiro atoms. The van der Waals surface area contributed by atoms with E-state index in [1.165, 1.54) is 0 Å². The molecule has 76 valence electrons. The summed E-state index contributed by atoms with van der Waals surface area (Å²) in [7, 11) is 0. The molecule has 1 aromatic rings. The van der Waals surface area contributed by atoms with Crippen molar-refractivity contribution >= 4 is 5.69 Å². The van der Waals surface area contributed by atoms with Crippen LogP contribution in [0, 0.1) is 5.41 Å². The minimum absolute atomic E-state index is 0.356. The zero-order valence-electron chi connectivity index (χ0n) is 7.71. The molecule has 0 saturated heterocycles. The lowest BCUT2D eigenvalue weighted by Crippen LogP contribution is -2.22. The third-order valence-corrected chi connectivity index (χ3v) is 2.68. The van der Waals surface area contributed by atoms with Gasteiger partial charge in [-0.3, -0.25) is 4.98 Å². The van der Waals surface area contributed by atoms with Crippen molar-refractivity contribution in [3.05, 3.63) is 24.5 Å². The Morgan fingerprint density at radius 1 is 1.36 bits per heavy atom. The zero-order chi connectivity index (χ0) is 10.0. The third kappa shape index (κ3) is 1.84. The summed E-state index contributed by atoms with van der Waals surface area (Å²) in [4.78, 5) is 3.85. The molecule has 14 heavy (non-hydrogen) atoms. The van der Waals surface area contributed by atoms with Crippen molar-refractivity contribution in [2.75, 3.05) is 11.9 Å². The van der Waals surface area contributed by atoms with Crippen LogP contribution in [0.25, 0.3) is 0 Å². The van der Waals surface area contributed by atoms with Crippen molar-refractivity contribution in [3.63, 3.8) is 0 Å². The molecular weight excluding hydrogens is 186 g/mol. The average molecular weight is 198 g/mol. The second kappa shape index (κ2) is 3.52. The van der Waals surface area contributed by atoms with E-state index in [0.717, 1.165) is 5.69 Å². The summed E-state index contributed by atoms with van der Waals surface area (Å²) in [6, 6.07) is 3.56. The standard InChI is InChI=1S/C10H12F2N2/c11-9(12)10(3-4-10)7-14-8-1-5-13-6-2-8/h1-2,5-6,9H,3-4,7H2,(H,13,14). The van der Waals surface area contributed by atoms with Crippen LogP contribution in [0.1, 0.15) is 12.8 Å². The molecule has 0 unspecified atom stereocenters. The van der Waals surface area contributed by atoms with Crippen molar-refractivity contribution in [1.29, 1.82) is 0 Å². The smallest absolute Gasteiger partial charge is 0.245 e. The quantitative estimate of drug-likeness (QED) is 0.804. The summed E-state index contributed by atoms with van der Waals surface area (Å²) in [5, 5.41) is 3.01. The van der Waals surface area contributed by atoms with Gasteiger partial charge in [-0.1, -0.05) is 0 Å². The largest absolute Gasteiger partial charge is 0.384 e. The molecule has 0 radical (unpaired) electrons. The van der Waals surface area contributed by atoms with E-state index in [4.69, 9.17) is 0 Å². The SMILES string of the molecule is FC(F)C1(CNc2ccncc2)CC1. The monoisotopic (exact) mass is 198 g/mol. The highest BCUT2D eigenvalue weighted by Gasteiger charge is 2.50. The molecule has 4 heteroatoms. The fourth-order valence-electron chi connectivity index (χ4n) is 1.38. The number of anilines is 1. The number of alkyl halides is 2. The molecule has 1 N–H and O–H groups in total. The molecule has 1 heterocycles. The summed E-state index contributed by atoms with van der Waals surface area (Å²) in [6.45, 7) is 0.356. The number of nitrogens with one attached hydrogen (secondary N) is 1. The Balaban J connectivity index is 1.89. The maximum absolute atomic E-state index is 12.5. The number of hydrogen-bond donors (Lipinski definition) is 1. The first-order valence-electron chi connectivity index (χ1n) is 4.65. The van der Waals surface area contributed by atoms with E-state index in [2.05, 4.69) is 10.3 Å². The first-order chi connectivity index (χ1) is 6.73. The molecular formula is C10H12F2N2. The lowest BCUT2D eigenvalue weighted by Gasteiger charge is -2.15. The van der Waals surface area contributed by atoms with Gasteiger partial charge in [-0.05, 0) is 25.0 Å². The Kier molecular flexibility index (Phi) is 2.35. The normalized spacial score (nSPS) is 18.2. The highest BCUT2D eigenvalue weighted by molar-refractivity contribution is 5.41. The van der Waals surface area contributed by atoms with Gasteiger partial charge in [0.25, 0.3) is 0 Å². The van der Waals surface area contributed by atoms with E-state index in [-0.39, 0.29) is 0 Å². The molecule has 0 bridgehead atoms. The molecule has 2 nitrogen and oxygen atoms in total. The molecule has 1 aliphatic rings. The summed E-state index contributed by atoms with van der Waals surface area (Å²) in [6.07, 6.45) is 2.33. The zero-order valence-corrected chi connectivity index (χ0v) is 7.71. The molecule has 0 amide bonds. The third-order valence-electron chi connectivity index (χ3n) is 2.68. The Bertz CT molecular complexity index is 296. The summed E-state index contributed by atoms with van der Waals surface area (Å²) >= 11 is 0. The van der Waals surface area contributed by atoms with Gasteiger partial charge in [-0.2, -0.15) is 0 Å². The first-order valence-corrected chi connectivity index (χ1v) is 4.65. The number of rotatable bonds is 4.